The second-order valence-corrected chi connectivity index (χ2v) is 3.06. The quantitative estimate of drug-likeness (QED) is 0.761. The van der Waals surface area contributed by atoms with Crippen LogP contribution in [0.5, 0.6) is 5.75 Å². The van der Waals surface area contributed by atoms with Crippen LogP contribution in [0.15, 0.2) is 18.2 Å². The zero-order chi connectivity index (χ0) is 12.3. The minimum atomic E-state index is -4.92. The van der Waals surface area contributed by atoms with Crippen molar-refractivity contribution in [2.45, 2.75) is 6.36 Å². The minimum Gasteiger partial charge on any atom is -0.465 e. The predicted molar refractivity (Wildman–Crippen MR) is 49.5 cm³/mol. The van der Waals surface area contributed by atoms with Gasteiger partial charge in [-0.1, -0.05) is 17.7 Å². The van der Waals surface area contributed by atoms with Crippen LogP contribution in [0.2, 0.25) is 5.02 Å². The molecular weight excluding hydrogens is 249 g/mol. The van der Waals surface area contributed by atoms with Crippen LogP contribution < -0.4 is 4.74 Å². The molecule has 88 valence electrons. The van der Waals surface area contributed by atoms with E-state index >= 15 is 0 Å². The van der Waals surface area contributed by atoms with Crippen molar-refractivity contribution in [3.63, 3.8) is 0 Å². The molecule has 1 aromatic carbocycles. The first kappa shape index (κ1) is 12.6. The lowest BCUT2D eigenvalue weighted by atomic mass is 10.2. The highest BCUT2D eigenvalue weighted by Gasteiger charge is 2.34. The molecule has 0 N–H and O–H groups in total. The van der Waals surface area contributed by atoms with Crippen LogP contribution in [-0.2, 0) is 4.74 Å². The summed E-state index contributed by atoms with van der Waals surface area (Å²) in [6.45, 7) is 0. The second-order valence-electron chi connectivity index (χ2n) is 2.66. The number of hydrogen-bond acceptors (Lipinski definition) is 3. The molecule has 0 amide bonds. The molecular formula is C9H6ClF3O3. The molecule has 0 saturated carbocycles. The summed E-state index contributed by atoms with van der Waals surface area (Å²) >= 11 is 5.50. The standard InChI is InChI=1S/C9H6ClF3O3/c1-15-8(14)5-3-2-4-6(10)7(5)16-9(11,12)13/h2-4H,1H3. The van der Waals surface area contributed by atoms with E-state index in [2.05, 4.69) is 9.47 Å². The number of halogens is 4. The van der Waals surface area contributed by atoms with Crippen molar-refractivity contribution in [3.8, 4) is 5.75 Å². The average molecular weight is 255 g/mol. The van der Waals surface area contributed by atoms with Crippen molar-refractivity contribution in [2.24, 2.45) is 0 Å². The molecule has 0 radical (unpaired) electrons. The van der Waals surface area contributed by atoms with Crippen molar-refractivity contribution in [1.82, 2.24) is 0 Å². The summed E-state index contributed by atoms with van der Waals surface area (Å²) in [4.78, 5) is 11.1. The first-order chi connectivity index (χ1) is 7.35. The molecule has 1 aromatic rings. The molecule has 0 unspecified atom stereocenters. The Morgan fingerprint density at radius 1 is 1.38 bits per heavy atom. The Morgan fingerprint density at radius 2 is 2.00 bits per heavy atom. The maximum Gasteiger partial charge on any atom is 0.573 e. The van der Waals surface area contributed by atoms with Crippen LogP contribution in [0.25, 0.3) is 0 Å². The van der Waals surface area contributed by atoms with Gasteiger partial charge in [0.1, 0.15) is 5.56 Å². The summed E-state index contributed by atoms with van der Waals surface area (Å²) in [6, 6.07) is 3.62. The van der Waals surface area contributed by atoms with Crippen molar-refractivity contribution in [2.75, 3.05) is 7.11 Å². The number of ether oxygens (including phenoxy) is 2. The fourth-order valence-corrected chi connectivity index (χ4v) is 1.21. The molecule has 3 nitrogen and oxygen atoms in total. The fourth-order valence-electron chi connectivity index (χ4n) is 0.999. The zero-order valence-corrected chi connectivity index (χ0v) is 8.72. The number of benzene rings is 1. The maximum absolute atomic E-state index is 12.0. The Labute approximate surface area is 93.7 Å². The number of hydrogen-bond donors (Lipinski definition) is 0. The number of methoxy groups -OCH3 is 1. The molecule has 0 atom stereocenters. The van der Waals surface area contributed by atoms with Crippen molar-refractivity contribution in [1.29, 1.82) is 0 Å². The highest BCUT2D eigenvalue weighted by Crippen LogP contribution is 2.33. The van der Waals surface area contributed by atoms with Crippen LogP contribution >= 0.6 is 11.6 Å². The SMILES string of the molecule is COC(=O)c1cccc(Cl)c1OC(F)(F)F. The van der Waals surface area contributed by atoms with Crippen molar-refractivity contribution < 1.29 is 27.4 Å². The average Bonchev–Trinajstić information content (AvgIpc) is 2.18. The van der Waals surface area contributed by atoms with Crippen LogP contribution in [-0.4, -0.2) is 19.4 Å². The molecule has 16 heavy (non-hydrogen) atoms. The van der Waals surface area contributed by atoms with Crippen LogP contribution in [0.1, 0.15) is 10.4 Å². The monoisotopic (exact) mass is 254 g/mol. The van der Waals surface area contributed by atoms with Gasteiger partial charge in [-0.2, -0.15) is 0 Å². The third-order valence-corrected chi connectivity index (χ3v) is 1.89. The summed E-state index contributed by atoms with van der Waals surface area (Å²) < 4.78 is 44.1. The molecule has 7 heteroatoms. The van der Waals surface area contributed by atoms with Gasteiger partial charge < -0.3 is 9.47 Å². The van der Waals surface area contributed by atoms with E-state index in [9.17, 15) is 18.0 Å². The fraction of sp³-hybridized carbons (Fsp3) is 0.222. The van der Waals surface area contributed by atoms with Crippen LogP contribution in [0, 0.1) is 0 Å². The lowest BCUT2D eigenvalue weighted by molar-refractivity contribution is -0.274. The molecule has 0 bridgehead atoms. The van der Waals surface area contributed by atoms with Gasteiger partial charge in [-0.3, -0.25) is 0 Å². The number of esters is 1. The number of carbonyl (C=O) groups excluding carboxylic acids is 1. The topological polar surface area (TPSA) is 35.5 Å². The molecule has 0 aliphatic carbocycles. The summed E-state index contributed by atoms with van der Waals surface area (Å²) in [5, 5.41) is -0.319. The normalized spacial score (nSPS) is 11.1. The van der Waals surface area contributed by atoms with E-state index in [-0.39, 0.29) is 10.6 Å². The molecule has 0 heterocycles. The summed E-state index contributed by atoms with van der Waals surface area (Å²) in [5.41, 5.74) is -0.382. The molecule has 0 spiro atoms. The Morgan fingerprint density at radius 3 is 2.50 bits per heavy atom. The van der Waals surface area contributed by atoms with Gasteiger partial charge in [0.2, 0.25) is 0 Å². The third kappa shape index (κ3) is 3.03. The van der Waals surface area contributed by atoms with Gasteiger partial charge in [0.15, 0.2) is 5.75 Å². The van der Waals surface area contributed by atoms with Gasteiger partial charge in [0, 0.05) is 0 Å². The minimum absolute atomic E-state index is 0.319. The summed E-state index contributed by atoms with van der Waals surface area (Å²) in [7, 11) is 1.04. The van der Waals surface area contributed by atoms with Gasteiger partial charge in [-0.15, -0.1) is 13.2 Å². The van der Waals surface area contributed by atoms with Crippen LogP contribution in [0.3, 0.4) is 0 Å². The van der Waals surface area contributed by atoms with E-state index in [1.165, 1.54) is 12.1 Å². The van der Waals surface area contributed by atoms with Gasteiger partial charge in [-0.25, -0.2) is 4.79 Å². The molecule has 0 aliphatic heterocycles. The van der Waals surface area contributed by atoms with E-state index in [4.69, 9.17) is 11.6 Å². The number of alkyl halides is 3. The predicted octanol–water partition coefficient (Wildman–Crippen LogP) is 3.03. The Hall–Kier alpha value is -1.43. The first-order valence-corrected chi connectivity index (χ1v) is 4.35. The second kappa shape index (κ2) is 4.61. The van der Waals surface area contributed by atoms with E-state index in [0.717, 1.165) is 13.2 Å². The maximum atomic E-state index is 12.0. The first-order valence-electron chi connectivity index (χ1n) is 3.97. The Bertz CT molecular complexity index is 403. The Balaban J connectivity index is 3.19. The van der Waals surface area contributed by atoms with Crippen molar-refractivity contribution >= 4 is 17.6 Å². The third-order valence-electron chi connectivity index (χ3n) is 1.59. The van der Waals surface area contributed by atoms with Crippen LogP contribution in [0.4, 0.5) is 13.2 Å². The lowest BCUT2D eigenvalue weighted by Crippen LogP contribution is -2.19. The highest BCUT2D eigenvalue weighted by atomic mass is 35.5. The molecule has 0 aromatic heterocycles. The van der Waals surface area contributed by atoms with Crippen molar-refractivity contribution in [3.05, 3.63) is 28.8 Å². The zero-order valence-electron chi connectivity index (χ0n) is 7.97. The molecule has 0 saturated heterocycles. The highest BCUT2D eigenvalue weighted by molar-refractivity contribution is 6.32. The number of carbonyl (C=O) groups is 1. The summed E-state index contributed by atoms with van der Waals surface area (Å²) in [6.07, 6.45) is -4.92. The van der Waals surface area contributed by atoms with E-state index < -0.39 is 18.1 Å². The molecule has 0 fully saturated rings. The smallest absolute Gasteiger partial charge is 0.465 e. The van der Waals surface area contributed by atoms with Gasteiger partial charge in [0.25, 0.3) is 0 Å². The number of rotatable bonds is 2. The Kier molecular flexibility index (Phi) is 3.64. The van der Waals surface area contributed by atoms with E-state index in [1.54, 1.807) is 0 Å². The van der Waals surface area contributed by atoms with E-state index in [1.807, 2.05) is 0 Å². The largest absolute Gasteiger partial charge is 0.573 e. The summed E-state index contributed by atoms with van der Waals surface area (Å²) in [5.74, 6) is -1.72. The molecule has 0 aliphatic rings. The number of para-hydroxylation sites is 1. The molecule has 1 rings (SSSR count). The van der Waals surface area contributed by atoms with Gasteiger partial charge >= 0.3 is 12.3 Å². The lowest BCUT2D eigenvalue weighted by Gasteiger charge is -2.13. The van der Waals surface area contributed by atoms with E-state index in [0.29, 0.717) is 0 Å². The van der Waals surface area contributed by atoms with Gasteiger partial charge in [-0.05, 0) is 12.1 Å². The van der Waals surface area contributed by atoms with Gasteiger partial charge in [0.05, 0.1) is 12.1 Å².